The number of carboxylic acids is 1. The number of aliphatic hydroxyl groups excluding tert-OH is 1. The molecule has 0 aliphatic rings. The second-order valence-electron chi connectivity index (χ2n) is 6.82. The van der Waals surface area contributed by atoms with Gasteiger partial charge in [0.25, 0.3) is 0 Å². The van der Waals surface area contributed by atoms with Gasteiger partial charge in [0.05, 0.1) is 0 Å². The topological polar surface area (TPSA) is 115 Å². The van der Waals surface area contributed by atoms with Crippen LogP contribution in [0.15, 0.2) is 12.2 Å². The fourth-order valence-electron chi connectivity index (χ4n) is 2.35. The van der Waals surface area contributed by atoms with Crippen molar-refractivity contribution >= 4 is 16.1 Å². The van der Waals surface area contributed by atoms with Crippen LogP contribution in [0.1, 0.15) is 104 Å². The molecule has 0 rings (SSSR count). The van der Waals surface area contributed by atoms with Crippen molar-refractivity contribution in [3.8, 4) is 0 Å². The van der Waals surface area contributed by atoms with E-state index in [4.69, 9.17) is 10.2 Å². The minimum Gasteiger partial charge on any atom is -0.746 e. The van der Waals surface area contributed by atoms with Gasteiger partial charge in [0, 0.05) is 6.42 Å². The molecule has 0 saturated carbocycles. The summed E-state index contributed by atoms with van der Waals surface area (Å²) in [5, 5.41) is 16.5. The van der Waals surface area contributed by atoms with E-state index in [0.717, 1.165) is 19.8 Å². The Morgan fingerprint density at radius 2 is 1.25 bits per heavy atom. The first-order chi connectivity index (χ1) is 12.7. The molecule has 0 fully saturated rings. The average molecular weight is 431 g/mol. The SMILES string of the molecule is CC(O)S(=O)(=O)[O-].CCCCCCCC/C=C\CCCCCCCC(=O)O.[Na+]. The maximum atomic E-state index is 10.3. The smallest absolute Gasteiger partial charge is 0.746 e. The maximum absolute atomic E-state index is 10.3. The van der Waals surface area contributed by atoms with Crippen LogP contribution >= 0.6 is 0 Å². The van der Waals surface area contributed by atoms with E-state index >= 15 is 0 Å². The molecular formula is C20H39NaO6S. The molecule has 8 heteroatoms. The Morgan fingerprint density at radius 1 is 0.893 bits per heavy atom. The molecule has 2 N–H and O–H groups in total. The molecular weight excluding hydrogens is 391 g/mol. The van der Waals surface area contributed by atoms with Gasteiger partial charge in [0.2, 0.25) is 0 Å². The normalized spacial score (nSPS) is 12.1. The summed E-state index contributed by atoms with van der Waals surface area (Å²) in [6, 6.07) is 0. The van der Waals surface area contributed by atoms with Crippen molar-refractivity contribution in [2.45, 2.75) is 109 Å². The summed E-state index contributed by atoms with van der Waals surface area (Å²) in [5.74, 6) is -0.664. The predicted molar refractivity (Wildman–Crippen MR) is 108 cm³/mol. The zero-order valence-corrected chi connectivity index (χ0v) is 20.9. The van der Waals surface area contributed by atoms with E-state index < -0.39 is 21.5 Å². The summed E-state index contributed by atoms with van der Waals surface area (Å²) < 4.78 is 28.6. The van der Waals surface area contributed by atoms with E-state index in [1.54, 1.807) is 0 Å². The Hall–Kier alpha value is 0.0800. The number of unbranched alkanes of at least 4 members (excludes halogenated alkanes) is 11. The fourth-order valence-corrected chi connectivity index (χ4v) is 2.35. The standard InChI is InChI=1S/C18H34O2.C2H6O4S.Na/c1-2-3-4-5-6-7-8-9-10-11-12-13-14-15-16-17-18(19)20;1-2(3)7(4,5)6;/h9-10H,2-8,11-17H2,1H3,(H,19,20);2-3H,1H3,(H,4,5,6);/q;;+1/p-1/b10-9-;;. The molecule has 0 spiro atoms. The second kappa shape index (κ2) is 23.4. The largest absolute Gasteiger partial charge is 1.00 e. The van der Waals surface area contributed by atoms with Crippen molar-refractivity contribution in [1.82, 2.24) is 0 Å². The van der Waals surface area contributed by atoms with Gasteiger partial charge in [-0.2, -0.15) is 0 Å². The van der Waals surface area contributed by atoms with Crippen LogP contribution in [0.5, 0.6) is 0 Å². The van der Waals surface area contributed by atoms with Crippen molar-refractivity contribution in [2.75, 3.05) is 0 Å². The molecule has 0 aromatic carbocycles. The van der Waals surface area contributed by atoms with E-state index in [1.165, 1.54) is 70.6 Å². The van der Waals surface area contributed by atoms with E-state index in [0.29, 0.717) is 6.42 Å². The van der Waals surface area contributed by atoms with Crippen molar-refractivity contribution in [3.05, 3.63) is 12.2 Å². The Kier molecular flexibility index (Phi) is 27.3. The molecule has 0 aliphatic carbocycles. The van der Waals surface area contributed by atoms with Crippen molar-refractivity contribution in [3.63, 3.8) is 0 Å². The van der Waals surface area contributed by atoms with Crippen LogP contribution in [-0.4, -0.2) is 34.6 Å². The van der Waals surface area contributed by atoms with E-state index in [9.17, 15) is 17.8 Å². The molecule has 0 aliphatic heterocycles. The molecule has 0 aromatic rings. The van der Waals surface area contributed by atoms with Crippen LogP contribution < -0.4 is 29.6 Å². The Morgan fingerprint density at radius 3 is 1.61 bits per heavy atom. The van der Waals surface area contributed by atoms with Crippen LogP contribution in [0.2, 0.25) is 0 Å². The van der Waals surface area contributed by atoms with Crippen LogP contribution in [0, 0.1) is 0 Å². The fraction of sp³-hybridized carbons (Fsp3) is 0.850. The first-order valence-electron chi connectivity index (χ1n) is 10.2. The number of hydrogen-bond acceptors (Lipinski definition) is 5. The second-order valence-corrected chi connectivity index (χ2v) is 8.49. The molecule has 28 heavy (non-hydrogen) atoms. The summed E-state index contributed by atoms with van der Waals surface area (Å²) in [4.78, 5) is 10.3. The maximum Gasteiger partial charge on any atom is 1.00 e. The van der Waals surface area contributed by atoms with Gasteiger partial charge in [-0.15, -0.1) is 0 Å². The van der Waals surface area contributed by atoms with Gasteiger partial charge in [-0.25, -0.2) is 8.42 Å². The van der Waals surface area contributed by atoms with Gasteiger partial charge in [-0.3, -0.25) is 4.79 Å². The zero-order chi connectivity index (χ0) is 21.0. The molecule has 0 aromatic heterocycles. The van der Waals surface area contributed by atoms with Gasteiger partial charge >= 0.3 is 35.5 Å². The van der Waals surface area contributed by atoms with Crippen molar-refractivity contribution < 1.29 is 57.5 Å². The van der Waals surface area contributed by atoms with Gasteiger partial charge in [0.15, 0.2) is 0 Å². The van der Waals surface area contributed by atoms with Crippen LogP contribution in [0.3, 0.4) is 0 Å². The summed E-state index contributed by atoms with van der Waals surface area (Å²) in [6.45, 7) is 3.16. The average Bonchev–Trinajstić information content (AvgIpc) is 2.57. The summed E-state index contributed by atoms with van der Waals surface area (Å²) in [7, 11) is -4.44. The van der Waals surface area contributed by atoms with Crippen LogP contribution in [0.4, 0.5) is 0 Å². The van der Waals surface area contributed by atoms with Gasteiger partial charge in [-0.05, 0) is 39.0 Å². The van der Waals surface area contributed by atoms with Gasteiger partial charge < -0.3 is 14.8 Å². The Balaban J connectivity index is -0.000000665. The minimum absolute atomic E-state index is 0. The van der Waals surface area contributed by atoms with Crippen molar-refractivity contribution in [2.24, 2.45) is 0 Å². The van der Waals surface area contributed by atoms with E-state index in [2.05, 4.69) is 19.1 Å². The monoisotopic (exact) mass is 430 g/mol. The van der Waals surface area contributed by atoms with Crippen LogP contribution in [0.25, 0.3) is 0 Å². The number of carboxylic acid groups (broad SMARTS) is 1. The number of rotatable bonds is 16. The number of aliphatic carboxylic acids is 1. The first kappa shape index (κ1) is 32.7. The van der Waals surface area contributed by atoms with Gasteiger partial charge in [0.1, 0.15) is 15.6 Å². The molecule has 0 radical (unpaired) electrons. The molecule has 6 nitrogen and oxygen atoms in total. The van der Waals surface area contributed by atoms with Crippen molar-refractivity contribution in [1.29, 1.82) is 0 Å². The summed E-state index contributed by atoms with van der Waals surface area (Å²) >= 11 is 0. The third-order valence-corrected chi connectivity index (χ3v) is 4.91. The molecule has 0 saturated heterocycles. The predicted octanol–water partition coefficient (Wildman–Crippen LogP) is 1.98. The quantitative estimate of drug-likeness (QED) is 0.167. The van der Waals surface area contributed by atoms with E-state index in [1.807, 2.05) is 0 Å². The zero-order valence-electron chi connectivity index (χ0n) is 18.1. The molecule has 0 heterocycles. The molecule has 0 amide bonds. The number of allylic oxidation sites excluding steroid dienone is 2. The summed E-state index contributed by atoms with van der Waals surface area (Å²) in [5.41, 5.74) is -1.78. The van der Waals surface area contributed by atoms with Crippen LogP contribution in [-0.2, 0) is 14.9 Å². The third kappa shape index (κ3) is 30.8. The Labute approximate surface area is 194 Å². The minimum atomic E-state index is -4.44. The molecule has 1 atom stereocenters. The molecule has 1 unspecified atom stereocenters. The number of aliphatic hydroxyl groups is 1. The number of carbonyl (C=O) groups is 1. The first-order valence-corrected chi connectivity index (χ1v) is 11.7. The third-order valence-electron chi connectivity index (χ3n) is 4.07. The Bertz CT molecular complexity index is 463. The van der Waals surface area contributed by atoms with E-state index in [-0.39, 0.29) is 29.6 Å². The van der Waals surface area contributed by atoms with Gasteiger partial charge in [-0.1, -0.05) is 70.4 Å². The number of hydrogen-bond donors (Lipinski definition) is 2. The molecule has 162 valence electrons. The molecule has 0 bridgehead atoms. The summed E-state index contributed by atoms with van der Waals surface area (Å²) in [6.07, 6.45) is 21.2.